The summed E-state index contributed by atoms with van der Waals surface area (Å²) in [5, 5.41) is 0. The first-order valence-corrected chi connectivity index (χ1v) is 2.81. The first-order valence-electron chi connectivity index (χ1n) is 2.27. The zero-order chi connectivity index (χ0) is 6.41. The van der Waals surface area contributed by atoms with Gasteiger partial charge in [-0.1, -0.05) is 0 Å². The number of halogens is 1. The zero-order valence-electron chi connectivity index (χ0n) is 4.61. The summed E-state index contributed by atoms with van der Waals surface area (Å²) in [6, 6.07) is 0. The molecular formula is C4H8ClNO2. The summed E-state index contributed by atoms with van der Waals surface area (Å²) in [5.74, 6) is -0.367. The Kier molecular flexibility index (Phi) is 4.70. The number of rotatable bonds is 3. The van der Waals surface area contributed by atoms with Gasteiger partial charge in [0.05, 0.1) is 6.61 Å². The molecule has 0 spiro atoms. The van der Waals surface area contributed by atoms with E-state index in [1.54, 1.807) is 6.92 Å². The lowest BCUT2D eigenvalue weighted by Gasteiger charge is -1.97. The van der Waals surface area contributed by atoms with Gasteiger partial charge in [0, 0.05) is 0 Å². The Balaban J connectivity index is 2.99. The Bertz CT molecular complexity index is 76.4. The lowest BCUT2D eigenvalue weighted by atomic mass is 10.8. The fourth-order valence-corrected chi connectivity index (χ4v) is 0.234. The number of hydrogen-bond acceptors (Lipinski definition) is 2. The summed E-state index contributed by atoms with van der Waals surface area (Å²) in [4.78, 5) is 14.7. The number of carbonyl (C=O) groups excluding carboxylic acids is 1. The average Bonchev–Trinajstić information content (AvgIpc) is 1.83. The number of hydrogen-bond donors (Lipinski definition) is 1. The third kappa shape index (κ3) is 3.89. The predicted molar refractivity (Wildman–Crippen MR) is 30.5 cm³/mol. The molecular weight excluding hydrogens is 130 g/mol. The molecule has 0 aliphatic rings. The Morgan fingerprint density at radius 2 is 2.50 bits per heavy atom. The number of alkyl halides is 1. The summed E-state index contributed by atoms with van der Waals surface area (Å²) < 4.78 is 0. The summed E-state index contributed by atoms with van der Waals surface area (Å²) >= 11 is 5.10. The summed E-state index contributed by atoms with van der Waals surface area (Å²) in [7, 11) is 0. The van der Waals surface area contributed by atoms with Gasteiger partial charge in [0.1, 0.15) is 5.88 Å². The van der Waals surface area contributed by atoms with Crippen LogP contribution in [-0.4, -0.2) is 18.4 Å². The lowest BCUT2D eigenvalue weighted by Crippen LogP contribution is -2.24. The Morgan fingerprint density at radius 1 is 1.88 bits per heavy atom. The molecule has 48 valence electrons. The van der Waals surface area contributed by atoms with Crippen molar-refractivity contribution in [3.63, 3.8) is 0 Å². The van der Waals surface area contributed by atoms with Crippen LogP contribution in [0.5, 0.6) is 0 Å². The maximum atomic E-state index is 10.2. The average molecular weight is 138 g/mol. The van der Waals surface area contributed by atoms with Crippen molar-refractivity contribution in [2.24, 2.45) is 0 Å². The minimum absolute atomic E-state index is 0.0556. The van der Waals surface area contributed by atoms with Crippen LogP contribution < -0.4 is 5.48 Å². The standard InChI is InChI=1S/C4H8ClNO2/c1-2-8-6-4(7)3-5/h2-3H2,1H3,(H,6,7). The first kappa shape index (κ1) is 7.72. The molecule has 0 saturated carbocycles. The molecule has 3 nitrogen and oxygen atoms in total. The molecule has 0 radical (unpaired) electrons. The van der Waals surface area contributed by atoms with Gasteiger partial charge >= 0.3 is 0 Å². The van der Waals surface area contributed by atoms with E-state index in [9.17, 15) is 4.79 Å². The topological polar surface area (TPSA) is 38.3 Å². The Hall–Kier alpha value is -0.280. The van der Waals surface area contributed by atoms with E-state index in [2.05, 4.69) is 10.3 Å². The molecule has 0 bridgehead atoms. The predicted octanol–water partition coefficient (Wildman–Crippen LogP) is 0.293. The van der Waals surface area contributed by atoms with E-state index >= 15 is 0 Å². The SMILES string of the molecule is CCONC(=O)CCl. The van der Waals surface area contributed by atoms with Gasteiger partial charge in [-0.2, -0.15) is 0 Å². The van der Waals surface area contributed by atoms with E-state index in [1.807, 2.05) is 0 Å². The van der Waals surface area contributed by atoms with Crippen molar-refractivity contribution in [1.29, 1.82) is 0 Å². The second-order valence-electron chi connectivity index (χ2n) is 1.09. The van der Waals surface area contributed by atoms with E-state index in [4.69, 9.17) is 11.6 Å². The maximum Gasteiger partial charge on any atom is 0.258 e. The van der Waals surface area contributed by atoms with Gasteiger partial charge in [0.15, 0.2) is 0 Å². The van der Waals surface area contributed by atoms with Crippen molar-refractivity contribution >= 4 is 17.5 Å². The lowest BCUT2D eigenvalue weighted by molar-refractivity contribution is -0.130. The molecule has 0 aliphatic heterocycles. The molecule has 0 aromatic rings. The number of carbonyl (C=O) groups is 1. The van der Waals surface area contributed by atoms with Crippen molar-refractivity contribution < 1.29 is 9.63 Å². The van der Waals surface area contributed by atoms with E-state index in [0.29, 0.717) is 6.61 Å². The van der Waals surface area contributed by atoms with E-state index < -0.39 is 0 Å². The zero-order valence-corrected chi connectivity index (χ0v) is 5.36. The van der Waals surface area contributed by atoms with Gasteiger partial charge in [-0.05, 0) is 6.92 Å². The molecule has 4 heteroatoms. The summed E-state index contributed by atoms with van der Waals surface area (Å²) in [5.41, 5.74) is 2.11. The van der Waals surface area contributed by atoms with Crippen molar-refractivity contribution in [1.82, 2.24) is 5.48 Å². The van der Waals surface area contributed by atoms with Crippen molar-refractivity contribution in [3.05, 3.63) is 0 Å². The largest absolute Gasteiger partial charge is 0.274 e. The quantitative estimate of drug-likeness (QED) is 0.449. The van der Waals surface area contributed by atoms with Crippen LogP contribution in [0.1, 0.15) is 6.92 Å². The molecule has 0 unspecified atom stereocenters. The third-order valence-corrected chi connectivity index (χ3v) is 0.694. The van der Waals surface area contributed by atoms with Crippen LogP contribution >= 0.6 is 11.6 Å². The molecule has 0 atom stereocenters. The third-order valence-electron chi connectivity index (χ3n) is 0.452. The Labute approximate surface area is 52.9 Å². The molecule has 1 amide bonds. The van der Waals surface area contributed by atoms with Crippen LogP contribution in [0.25, 0.3) is 0 Å². The monoisotopic (exact) mass is 137 g/mol. The maximum absolute atomic E-state index is 10.2. The fourth-order valence-electron chi connectivity index (χ4n) is 0.180. The Morgan fingerprint density at radius 3 is 2.88 bits per heavy atom. The highest BCUT2D eigenvalue weighted by Gasteiger charge is 1.93. The van der Waals surface area contributed by atoms with Gasteiger partial charge < -0.3 is 0 Å². The van der Waals surface area contributed by atoms with Crippen LogP contribution in [0.2, 0.25) is 0 Å². The highest BCUT2D eigenvalue weighted by Crippen LogP contribution is 1.73. The van der Waals surface area contributed by atoms with Crippen molar-refractivity contribution in [2.45, 2.75) is 6.92 Å². The van der Waals surface area contributed by atoms with Crippen molar-refractivity contribution in [3.8, 4) is 0 Å². The normalized spacial score (nSPS) is 8.75. The number of nitrogens with one attached hydrogen (secondary N) is 1. The smallest absolute Gasteiger partial charge is 0.258 e. The molecule has 0 fully saturated rings. The summed E-state index contributed by atoms with van der Waals surface area (Å²) in [6.45, 7) is 2.23. The van der Waals surface area contributed by atoms with Gasteiger partial charge in [-0.3, -0.25) is 9.63 Å². The van der Waals surface area contributed by atoms with E-state index in [-0.39, 0.29) is 11.8 Å². The van der Waals surface area contributed by atoms with Gasteiger partial charge in [0.2, 0.25) is 0 Å². The number of amides is 1. The van der Waals surface area contributed by atoms with Gasteiger partial charge in [0.25, 0.3) is 5.91 Å². The fraction of sp³-hybridized carbons (Fsp3) is 0.750. The molecule has 0 aliphatic carbocycles. The van der Waals surface area contributed by atoms with Crippen LogP contribution in [0, 0.1) is 0 Å². The van der Waals surface area contributed by atoms with Crippen molar-refractivity contribution in [2.75, 3.05) is 12.5 Å². The van der Waals surface area contributed by atoms with Crippen LogP contribution in [0.3, 0.4) is 0 Å². The molecule has 0 saturated heterocycles. The molecule has 0 rings (SSSR count). The molecule has 1 N–H and O–H groups in total. The first-order chi connectivity index (χ1) is 3.81. The van der Waals surface area contributed by atoms with E-state index in [0.717, 1.165) is 0 Å². The number of hydroxylamine groups is 1. The molecule has 0 heterocycles. The minimum atomic E-state index is -0.312. The van der Waals surface area contributed by atoms with E-state index in [1.165, 1.54) is 0 Å². The summed E-state index contributed by atoms with van der Waals surface area (Å²) in [6.07, 6.45) is 0. The molecule has 0 aromatic heterocycles. The second kappa shape index (κ2) is 4.87. The van der Waals surface area contributed by atoms with Crippen LogP contribution in [-0.2, 0) is 9.63 Å². The highest BCUT2D eigenvalue weighted by atomic mass is 35.5. The molecule has 8 heavy (non-hydrogen) atoms. The van der Waals surface area contributed by atoms with Gasteiger partial charge in [-0.25, -0.2) is 5.48 Å². The van der Waals surface area contributed by atoms with Crippen LogP contribution in [0.15, 0.2) is 0 Å². The minimum Gasteiger partial charge on any atom is -0.274 e. The molecule has 0 aromatic carbocycles. The van der Waals surface area contributed by atoms with Gasteiger partial charge in [-0.15, -0.1) is 11.6 Å². The van der Waals surface area contributed by atoms with Crippen LogP contribution in [0.4, 0.5) is 0 Å². The second-order valence-corrected chi connectivity index (χ2v) is 1.36. The highest BCUT2D eigenvalue weighted by molar-refractivity contribution is 6.27.